The van der Waals surface area contributed by atoms with Crippen LogP contribution in [0.1, 0.15) is 38.1 Å². The van der Waals surface area contributed by atoms with E-state index in [9.17, 15) is 15.0 Å². The highest BCUT2D eigenvalue weighted by Gasteiger charge is 2.48. The molecule has 1 aromatic rings. The number of aliphatic carboxylic acids is 1. The Morgan fingerprint density at radius 1 is 1.59 bits per heavy atom. The fourth-order valence-corrected chi connectivity index (χ4v) is 3.60. The molecule has 1 heterocycles. The summed E-state index contributed by atoms with van der Waals surface area (Å²) in [5, 5.41) is 22.3. The summed E-state index contributed by atoms with van der Waals surface area (Å²) < 4.78 is 0. The number of aliphatic hydroxyl groups is 1. The molecule has 1 saturated carbocycles. The zero-order chi connectivity index (χ0) is 12.7. The number of hydrogen-bond acceptors (Lipinski definition) is 4. The van der Waals surface area contributed by atoms with Crippen molar-refractivity contribution >= 4 is 17.3 Å². The van der Waals surface area contributed by atoms with Crippen LogP contribution in [0.15, 0.2) is 11.6 Å². The maximum absolute atomic E-state index is 11.2. The molecule has 2 atom stereocenters. The average Bonchev–Trinajstić information content (AvgIpc) is 2.67. The van der Waals surface area contributed by atoms with Crippen LogP contribution in [0, 0.1) is 11.3 Å². The van der Waals surface area contributed by atoms with E-state index in [-0.39, 0.29) is 5.92 Å². The van der Waals surface area contributed by atoms with Crippen LogP contribution in [0.4, 0.5) is 0 Å². The summed E-state index contributed by atoms with van der Waals surface area (Å²) >= 11 is 1.43. The first-order chi connectivity index (χ1) is 7.85. The van der Waals surface area contributed by atoms with E-state index in [1.165, 1.54) is 11.3 Å². The van der Waals surface area contributed by atoms with E-state index in [0.29, 0.717) is 24.3 Å². The van der Waals surface area contributed by atoms with Gasteiger partial charge in [-0.05, 0) is 24.7 Å². The second-order valence-corrected chi connectivity index (χ2v) is 6.36. The van der Waals surface area contributed by atoms with Crippen molar-refractivity contribution in [3.8, 4) is 0 Å². The standard InChI is InChI=1S/C12H17NO3S/c1-11(2)7-12(16,10-13-5-6-17-10)4-3-8(11)9(14)15/h5-6,8,16H,3-4,7H2,1-2H3,(H,14,15)/t8?,12-/m1/s1. The van der Waals surface area contributed by atoms with Gasteiger partial charge in [0.1, 0.15) is 10.6 Å². The van der Waals surface area contributed by atoms with Crippen molar-refractivity contribution in [3.63, 3.8) is 0 Å². The lowest BCUT2D eigenvalue weighted by Crippen LogP contribution is -2.44. The number of nitrogens with zero attached hydrogens (tertiary/aromatic N) is 1. The summed E-state index contributed by atoms with van der Waals surface area (Å²) in [6.45, 7) is 3.81. The predicted octanol–water partition coefficient (Wildman–Crippen LogP) is 2.24. The number of thiazole rings is 1. The minimum atomic E-state index is -0.955. The Morgan fingerprint density at radius 3 is 2.76 bits per heavy atom. The van der Waals surface area contributed by atoms with Gasteiger partial charge in [0.05, 0.1) is 5.92 Å². The summed E-state index contributed by atoms with van der Waals surface area (Å²) in [4.78, 5) is 15.3. The average molecular weight is 255 g/mol. The third-order valence-corrected chi connectivity index (χ3v) is 4.63. The Kier molecular flexibility index (Phi) is 2.99. The van der Waals surface area contributed by atoms with Gasteiger partial charge in [0.2, 0.25) is 0 Å². The zero-order valence-electron chi connectivity index (χ0n) is 10.0. The molecule has 0 aliphatic heterocycles. The molecule has 1 aliphatic carbocycles. The summed E-state index contributed by atoms with van der Waals surface area (Å²) in [6.07, 6.45) is 3.10. The van der Waals surface area contributed by atoms with Crippen LogP contribution in [0.2, 0.25) is 0 Å². The normalized spacial score (nSPS) is 32.3. The van der Waals surface area contributed by atoms with Crippen LogP contribution in [-0.2, 0) is 10.4 Å². The van der Waals surface area contributed by atoms with Gasteiger partial charge in [0, 0.05) is 11.6 Å². The molecule has 0 spiro atoms. The van der Waals surface area contributed by atoms with Crippen LogP contribution in [0.3, 0.4) is 0 Å². The molecule has 0 amide bonds. The van der Waals surface area contributed by atoms with E-state index >= 15 is 0 Å². The number of carbonyl (C=O) groups is 1. The maximum Gasteiger partial charge on any atom is 0.307 e. The molecule has 94 valence electrons. The Labute approximate surface area is 104 Å². The molecule has 2 N–H and O–H groups in total. The topological polar surface area (TPSA) is 70.4 Å². The Morgan fingerprint density at radius 2 is 2.29 bits per heavy atom. The molecular formula is C12H17NO3S. The van der Waals surface area contributed by atoms with Crippen molar-refractivity contribution in [1.29, 1.82) is 0 Å². The molecule has 17 heavy (non-hydrogen) atoms. The number of hydrogen-bond donors (Lipinski definition) is 2. The molecule has 1 aliphatic rings. The van der Waals surface area contributed by atoms with Gasteiger partial charge in [-0.25, -0.2) is 4.98 Å². The third-order valence-electron chi connectivity index (χ3n) is 3.67. The SMILES string of the molecule is CC1(C)C[C@@](O)(c2nccs2)CCC1C(=O)O. The van der Waals surface area contributed by atoms with E-state index in [1.807, 2.05) is 19.2 Å². The van der Waals surface area contributed by atoms with Crippen LogP contribution in [0.25, 0.3) is 0 Å². The molecule has 4 nitrogen and oxygen atoms in total. The quantitative estimate of drug-likeness (QED) is 0.850. The van der Waals surface area contributed by atoms with Crippen LogP contribution >= 0.6 is 11.3 Å². The Balaban J connectivity index is 2.25. The molecule has 0 radical (unpaired) electrons. The fourth-order valence-electron chi connectivity index (χ4n) is 2.83. The second-order valence-electron chi connectivity index (χ2n) is 5.46. The lowest BCUT2D eigenvalue weighted by atomic mass is 9.63. The molecule has 0 bridgehead atoms. The van der Waals surface area contributed by atoms with E-state index < -0.39 is 17.0 Å². The summed E-state index contributed by atoms with van der Waals surface area (Å²) in [5.74, 6) is -1.15. The first kappa shape index (κ1) is 12.5. The second kappa shape index (κ2) is 4.07. The number of carboxylic acid groups (broad SMARTS) is 1. The third kappa shape index (κ3) is 2.21. The van der Waals surface area contributed by atoms with E-state index in [2.05, 4.69) is 4.98 Å². The van der Waals surface area contributed by atoms with Crippen LogP contribution in [0.5, 0.6) is 0 Å². The van der Waals surface area contributed by atoms with E-state index in [1.54, 1.807) is 6.20 Å². The highest BCUT2D eigenvalue weighted by molar-refractivity contribution is 7.09. The summed E-state index contributed by atoms with van der Waals surface area (Å²) in [5.41, 5.74) is -1.37. The molecule has 1 unspecified atom stereocenters. The van der Waals surface area contributed by atoms with Crippen LogP contribution < -0.4 is 0 Å². The number of aromatic nitrogens is 1. The van der Waals surface area contributed by atoms with Crippen molar-refractivity contribution in [2.24, 2.45) is 11.3 Å². The minimum Gasteiger partial charge on any atom is -0.481 e. The van der Waals surface area contributed by atoms with Crippen molar-refractivity contribution in [3.05, 3.63) is 16.6 Å². The van der Waals surface area contributed by atoms with Gasteiger partial charge < -0.3 is 10.2 Å². The zero-order valence-corrected chi connectivity index (χ0v) is 10.8. The van der Waals surface area contributed by atoms with Gasteiger partial charge in [0.15, 0.2) is 0 Å². The van der Waals surface area contributed by atoms with Gasteiger partial charge >= 0.3 is 5.97 Å². The lowest BCUT2D eigenvalue weighted by Gasteiger charge is -2.44. The molecule has 1 aromatic heterocycles. The van der Waals surface area contributed by atoms with Crippen molar-refractivity contribution in [2.45, 2.75) is 38.7 Å². The maximum atomic E-state index is 11.2. The Bertz CT molecular complexity index is 415. The number of carboxylic acids is 1. The smallest absolute Gasteiger partial charge is 0.307 e. The van der Waals surface area contributed by atoms with E-state index in [0.717, 1.165) is 0 Å². The van der Waals surface area contributed by atoms with Crippen molar-refractivity contribution in [1.82, 2.24) is 4.98 Å². The highest BCUT2D eigenvalue weighted by atomic mass is 32.1. The van der Waals surface area contributed by atoms with Gasteiger partial charge in [-0.2, -0.15) is 0 Å². The summed E-state index contributed by atoms with van der Waals surface area (Å²) in [6, 6.07) is 0. The first-order valence-electron chi connectivity index (χ1n) is 5.70. The Hall–Kier alpha value is -0.940. The lowest BCUT2D eigenvalue weighted by molar-refractivity contribution is -0.154. The van der Waals surface area contributed by atoms with Gasteiger partial charge in [-0.3, -0.25) is 4.79 Å². The highest BCUT2D eigenvalue weighted by Crippen LogP contribution is 2.49. The van der Waals surface area contributed by atoms with E-state index in [4.69, 9.17) is 0 Å². The molecule has 0 aromatic carbocycles. The molecule has 0 saturated heterocycles. The first-order valence-corrected chi connectivity index (χ1v) is 6.58. The van der Waals surface area contributed by atoms with Gasteiger partial charge in [-0.1, -0.05) is 13.8 Å². The summed E-state index contributed by atoms with van der Waals surface area (Å²) in [7, 11) is 0. The van der Waals surface area contributed by atoms with Gasteiger partial charge in [0.25, 0.3) is 0 Å². The monoisotopic (exact) mass is 255 g/mol. The number of rotatable bonds is 2. The van der Waals surface area contributed by atoms with Crippen molar-refractivity contribution in [2.75, 3.05) is 0 Å². The molecule has 5 heteroatoms. The minimum absolute atomic E-state index is 0.386. The van der Waals surface area contributed by atoms with Gasteiger partial charge in [-0.15, -0.1) is 11.3 Å². The predicted molar refractivity (Wildman–Crippen MR) is 64.8 cm³/mol. The van der Waals surface area contributed by atoms with Crippen LogP contribution in [-0.4, -0.2) is 21.2 Å². The molecule has 1 fully saturated rings. The molecule has 2 rings (SSSR count). The largest absolute Gasteiger partial charge is 0.481 e. The molecular weight excluding hydrogens is 238 g/mol. The fraction of sp³-hybridized carbons (Fsp3) is 0.667. The van der Waals surface area contributed by atoms with Crippen molar-refractivity contribution < 1.29 is 15.0 Å².